The Labute approximate surface area is 94.8 Å². The first kappa shape index (κ1) is 14.5. The second kappa shape index (κ2) is 11.5. The first-order chi connectivity index (χ1) is 7.27. The van der Waals surface area contributed by atoms with E-state index >= 15 is 0 Å². The number of nitrogens with one attached hydrogen (secondary N) is 1. The van der Waals surface area contributed by atoms with Crippen molar-refractivity contribution < 1.29 is 4.79 Å². The van der Waals surface area contributed by atoms with E-state index in [1.165, 1.54) is 51.4 Å². The normalized spacial score (nSPS) is 10.3. The van der Waals surface area contributed by atoms with Gasteiger partial charge in [0.2, 0.25) is 5.91 Å². The van der Waals surface area contributed by atoms with Crippen LogP contribution in [0.4, 0.5) is 0 Å². The largest absolute Gasteiger partial charge is 0.356 e. The van der Waals surface area contributed by atoms with Crippen molar-refractivity contribution in [2.45, 2.75) is 71.6 Å². The zero-order valence-corrected chi connectivity index (χ0v) is 10.5. The van der Waals surface area contributed by atoms with E-state index in [1.54, 1.807) is 6.92 Å². The van der Waals surface area contributed by atoms with Gasteiger partial charge in [-0.3, -0.25) is 4.79 Å². The SMILES string of the molecule is CCCCCCCCCCCNC(C)=O. The van der Waals surface area contributed by atoms with Crippen LogP contribution in [-0.4, -0.2) is 12.5 Å². The molecule has 0 aromatic carbocycles. The average Bonchev–Trinajstić information content (AvgIpc) is 2.20. The summed E-state index contributed by atoms with van der Waals surface area (Å²) < 4.78 is 0. The monoisotopic (exact) mass is 213 g/mol. The topological polar surface area (TPSA) is 29.1 Å². The molecule has 0 aromatic heterocycles. The van der Waals surface area contributed by atoms with E-state index in [-0.39, 0.29) is 5.91 Å². The molecule has 1 amide bonds. The maximum atomic E-state index is 10.6. The fraction of sp³-hybridized carbons (Fsp3) is 0.923. The molecule has 0 atom stereocenters. The molecule has 1 N–H and O–H groups in total. The minimum absolute atomic E-state index is 0.0922. The Morgan fingerprint density at radius 2 is 1.33 bits per heavy atom. The van der Waals surface area contributed by atoms with Crippen LogP contribution < -0.4 is 5.32 Å². The molecular weight excluding hydrogens is 186 g/mol. The van der Waals surface area contributed by atoms with Crippen LogP contribution in [0.25, 0.3) is 0 Å². The van der Waals surface area contributed by atoms with Crippen LogP contribution in [0.1, 0.15) is 71.6 Å². The highest BCUT2D eigenvalue weighted by molar-refractivity contribution is 5.72. The number of rotatable bonds is 10. The van der Waals surface area contributed by atoms with E-state index < -0.39 is 0 Å². The average molecular weight is 213 g/mol. The maximum Gasteiger partial charge on any atom is 0.216 e. The van der Waals surface area contributed by atoms with E-state index in [2.05, 4.69) is 12.2 Å². The molecule has 0 rings (SSSR count). The molecule has 15 heavy (non-hydrogen) atoms. The lowest BCUT2D eigenvalue weighted by Gasteiger charge is -2.02. The molecule has 2 heteroatoms. The molecule has 0 saturated carbocycles. The van der Waals surface area contributed by atoms with Gasteiger partial charge in [0.25, 0.3) is 0 Å². The first-order valence-corrected chi connectivity index (χ1v) is 6.51. The van der Waals surface area contributed by atoms with Gasteiger partial charge in [0.1, 0.15) is 0 Å². The van der Waals surface area contributed by atoms with Crippen molar-refractivity contribution >= 4 is 5.91 Å². The highest BCUT2D eigenvalue weighted by atomic mass is 16.1. The number of unbranched alkanes of at least 4 members (excludes halogenated alkanes) is 8. The second-order valence-corrected chi connectivity index (χ2v) is 4.31. The van der Waals surface area contributed by atoms with E-state index in [0.717, 1.165) is 13.0 Å². The summed E-state index contributed by atoms with van der Waals surface area (Å²) in [6.45, 7) is 4.68. The smallest absolute Gasteiger partial charge is 0.216 e. The molecule has 0 aromatic rings. The maximum absolute atomic E-state index is 10.6. The fourth-order valence-electron chi connectivity index (χ4n) is 1.70. The Balaban J connectivity index is 2.89. The van der Waals surface area contributed by atoms with Crippen LogP contribution in [-0.2, 0) is 4.79 Å². The van der Waals surface area contributed by atoms with E-state index in [9.17, 15) is 4.79 Å². The van der Waals surface area contributed by atoms with Gasteiger partial charge >= 0.3 is 0 Å². The molecule has 0 aliphatic rings. The second-order valence-electron chi connectivity index (χ2n) is 4.31. The molecule has 0 fully saturated rings. The molecule has 0 unspecified atom stereocenters. The molecular formula is C13H27NO. The summed E-state index contributed by atoms with van der Waals surface area (Å²) in [5, 5.41) is 2.83. The number of carbonyl (C=O) groups excluding carboxylic acids is 1. The fourth-order valence-corrected chi connectivity index (χ4v) is 1.70. The van der Waals surface area contributed by atoms with Crippen LogP contribution in [0.5, 0.6) is 0 Å². The van der Waals surface area contributed by atoms with Crippen LogP contribution in [0.2, 0.25) is 0 Å². The quantitative estimate of drug-likeness (QED) is 0.551. The highest BCUT2D eigenvalue weighted by Crippen LogP contribution is 2.08. The Kier molecular flexibility index (Phi) is 11.1. The summed E-state index contributed by atoms with van der Waals surface area (Å²) in [6, 6.07) is 0. The van der Waals surface area contributed by atoms with E-state index in [0.29, 0.717) is 0 Å². The van der Waals surface area contributed by atoms with Crippen molar-refractivity contribution in [1.29, 1.82) is 0 Å². The number of carbonyl (C=O) groups is 1. The predicted octanol–water partition coefficient (Wildman–Crippen LogP) is 3.65. The van der Waals surface area contributed by atoms with Gasteiger partial charge in [-0.1, -0.05) is 58.3 Å². The zero-order valence-electron chi connectivity index (χ0n) is 10.5. The van der Waals surface area contributed by atoms with Gasteiger partial charge in [-0.25, -0.2) is 0 Å². The lowest BCUT2D eigenvalue weighted by Crippen LogP contribution is -2.20. The van der Waals surface area contributed by atoms with Gasteiger partial charge in [0.15, 0.2) is 0 Å². The third-order valence-corrected chi connectivity index (χ3v) is 2.65. The Hall–Kier alpha value is -0.530. The lowest BCUT2D eigenvalue weighted by molar-refractivity contribution is -0.118. The van der Waals surface area contributed by atoms with Crippen LogP contribution in [0, 0.1) is 0 Å². The minimum atomic E-state index is 0.0922. The Morgan fingerprint density at radius 3 is 1.80 bits per heavy atom. The van der Waals surface area contributed by atoms with Crippen LogP contribution in [0.3, 0.4) is 0 Å². The van der Waals surface area contributed by atoms with Crippen molar-refractivity contribution in [3.05, 3.63) is 0 Å². The molecule has 0 saturated heterocycles. The van der Waals surface area contributed by atoms with Gasteiger partial charge in [0, 0.05) is 13.5 Å². The molecule has 0 aliphatic carbocycles. The third kappa shape index (κ3) is 13.5. The molecule has 0 radical (unpaired) electrons. The summed E-state index contributed by atoms with van der Waals surface area (Å²) in [5.74, 6) is 0.0922. The summed E-state index contributed by atoms with van der Waals surface area (Å²) in [6.07, 6.45) is 12.0. The molecule has 0 aliphatic heterocycles. The number of hydrogen-bond acceptors (Lipinski definition) is 1. The van der Waals surface area contributed by atoms with Gasteiger partial charge in [0.05, 0.1) is 0 Å². The van der Waals surface area contributed by atoms with Gasteiger partial charge < -0.3 is 5.32 Å². The molecule has 0 bridgehead atoms. The summed E-state index contributed by atoms with van der Waals surface area (Å²) in [7, 11) is 0. The minimum Gasteiger partial charge on any atom is -0.356 e. The van der Waals surface area contributed by atoms with Crippen LogP contribution in [0.15, 0.2) is 0 Å². The van der Waals surface area contributed by atoms with Crippen molar-refractivity contribution in [2.24, 2.45) is 0 Å². The molecule has 90 valence electrons. The van der Waals surface area contributed by atoms with Crippen molar-refractivity contribution in [3.8, 4) is 0 Å². The van der Waals surface area contributed by atoms with Gasteiger partial charge in [-0.2, -0.15) is 0 Å². The molecule has 0 heterocycles. The number of hydrogen-bond donors (Lipinski definition) is 1. The third-order valence-electron chi connectivity index (χ3n) is 2.65. The Bertz CT molecular complexity index is 145. The van der Waals surface area contributed by atoms with Crippen molar-refractivity contribution in [3.63, 3.8) is 0 Å². The Morgan fingerprint density at radius 1 is 0.867 bits per heavy atom. The van der Waals surface area contributed by atoms with E-state index in [1.807, 2.05) is 0 Å². The molecule has 2 nitrogen and oxygen atoms in total. The summed E-state index contributed by atoms with van der Waals surface area (Å²) >= 11 is 0. The van der Waals surface area contributed by atoms with Crippen molar-refractivity contribution in [2.75, 3.05) is 6.54 Å². The van der Waals surface area contributed by atoms with Crippen LogP contribution >= 0.6 is 0 Å². The van der Waals surface area contributed by atoms with Crippen molar-refractivity contribution in [1.82, 2.24) is 5.32 Å². The van der Waals surface area contributed by atoms with Gasteiger partial charge in [-0.15, -0.1) is 0 Å². The predicted molar refractivity (Wildman–Crippen MR) is 65.9 cm³/mol. The molecule has 0 spiro atoms. The standard InChI is InChI=1S/C13H27NO/c1-3-4-5-6-7-8-9-10-11-12-14-13(2)15/h3-12H2,1-2H3,(H,14,15). The van der Waals surface area contributed by atoms with Gasteiger partial charge in [-0.05, 0) is 6.42 Å². The number of amides is 1. The lowest BCUT2D eigenvalue weighted by atomic mass is 10.1. The zero-order chi connectivity index (χ0) is 11.4. The highest BCUT2D eigenvalue weighted by Gasteiger charge is 1.93. The first-order valence-electron chi connectivity index (χ1n) is 6.51. The summed E-state index contributed by atoms with van der Waals surface area (Å²) in [4.78, 5) is 10.6. The van der Waals surface area contributed by atoms with E-state index in [4.69, 9.17) is 0 Å². The summed E-state index contributed by atoms with van der Waals surface area (Å²) in [5.41, 5.74) is 0.